The highest BCUT2D eigenvalue weighted by atomic mass is 16.5. The number of hydrogen-bond acceptors (Lipinski definition) is 3. The summed E-state index contributed by atoms with van der Waals surface area (Å²) in [5.41, 5.74) is 8.70. The van der Waals surface area contributed by atoms with E-state index in [-0.39, 0.29) is 5.41 Å². The molecule has 1 saturated heterocycles. The molecule has 1 aliphatic carbocycles. The van der Waals surface area contributed by atoms with Crippen LogP contribution in [0, 0.1) is 12.3 Å². The Morgan fingerprint density at radius 3 is 2.68 bits per heavy atom. The fourth-order valence-electron chi connectivity index (χ4n) is 3.84. The van der Waals surface area contributed by atoms with Gasteiger partial charge in [0, 0.05) is 25.2 Å². The Morgan fingerprint density at radius 2 is 2.00 bits per heavy atom. The number of nitrogens with two attached hydrogens (primary N) is 1. The maximum Gasteiger partial charge on any atom is 0.0972 e. The van der Waals surface area contributed by atoms with E-state index in [0.717, 1.165) is 31.2 Å². The zero-order valence-corrected chi connectivity index (χ0v) is 11.6. The first-order valence-corrected chi connectivity index (χ1v) is 7.22. The highest BCUT2D eigenvalue weighted by Crippen LogP contribution is 2.53. The van der Waals surface area contributed by atoms with Crippen molar-refractivity contribution in [1.82, 2.24) is 0 Å². The molecule has 1 atom stereocenters. The minimum absolute atomic E-state index is 0.218. The number of aliphatic hydroxyl groups is 1. The lowest BCUT2D eigenvalue weighted by Crippen LogP contribution is -2.52. The highest BCUT2D eigenvalue weighted by molar-refractivity contribution is 5.42. The number of aryl methyl sites for hydroxylation is 2. The van der Waals surface area contributed by atoms with Crippen LogP contribution in [0.1, 0.15) is 36.0 Å². The number of ether oxygens (including phenoxy) is 1. The van der Waals surface area contributed by atoms with Crippen LogP contribution in [-0.4, -0.2) is 24.9 Å². The molecule has 0 amide bonds. The van der Waals surface area contributed by atoms with Gasteiger partial charge in [-0.2, -0.15) is 0 Å². The molecule has 1 fully saturated rings. The molecule has 3 heteroatoms. The molecule has 0 bridgehead atoms. The van der Waals surface area contributed by atoms with Crippen LogP contribution in [0.4, 0.5) is 0 Å². The van der Waals surface area contributed by atoms with Crippen LogP contribution in [0.15, 0.2) is 18.2 Å². The van der Waals surface area contributed by atoms with Crippen molar-refractivity contribution in [2.24, 2.45) is 11.1 Å². The predicted octanol–water partition coefficient (Wildman–Crippen LogP) is 1.88. The molecule has 19 heavy (non-hydrogen) atoms. The topological polar surface area (TPSA) is 55.5 Å². The van der Waals surface area contributed by atoms with Crippen molar-refractivity contribution >= 4 is 0 Å². The minimum atomic E-state index is -0.771. The van der Waals surface area contributed by atoms with Crippen molar-refractivity contribution in [2.45, 2.75) is 38.2 Å². The van der Waals surface area contributed by atoms with Crippen molar-refractivity contribution in [3.8, 4) is 0 Å². The van der Waals surface area contributed by atoms with Crippen LogP contribution in [0.2, 0.25) is 0 Å². The van der Waals surface area contributed by atoms with E-state index >= 15 is 0 Å². The maximum absolute atomic E-state index is 11.4. The minimum Gasteiger partial charge on any atom is -0.385 e. The Hall–Kier alpha value is -0.900. The zero-order chi connectivity index (χ0) is 13.5. The molecule has 0 saturated carbocycles. The summed E-state index contributed by atoms with van der Waals surface area (Å²) in [4.78, 5) is 0. The Morgan fingerprint density at radius 1 is 1.26 bits per heavy atom. The van der Waals surface area contributed by atoms with E-state index in [1.807, 2.05) is 0 Å². The largest absolute Gasteiger partial charge is 0.385 e. The first kappa shape index (κ1) is 13.1. The molecule has 104 valence electrons. The summed E-state index contributed by atoms with van der Waals surface area (Å²) in [5.74, 6) is 0. The second-order valence-corrected chi connectivity index (χ2v) is 6.12. The second kappa shape index (κ2) is 4.58. The number of fused-ring (bicyclic) bond motifs is 1. The summed E-state index contributed by atoms with van der Waals surface area (Å²) < 4.78 is 5.48. The molecule has 0 aromatic heterocycles. The van der Waals surface area contributed by atoms with E-state index in [2.05, 4.69) is 25.1 Å². The Kier molecular flexibility index (Phi) is 3.16. The van der Waals surface area contributed by atoms with Gasteiger partial charge in [0.1, 0.15) is 0 Å². The molecule has 1 aromatic carbocycles. The van der Waals surface area contributed by atoms with Crippen LogP contribution >= 0.6 is 0 Å². The summed E-state index contributed by atoms with van der Waals surface area (Å²) in [6.07, 6.45) is 3.46. The Bertz CT molecular complexity index is 480. The van der Waals surface area contributed by atoms with Crippen LogP contribution in [0.5, 0.6) is 0 Å². The van der Waals surface area contributed by atoms with Crippen LogP contribution < -0.4 is 5.73 Å². The predicted molar refractivity (Wildman–Crippen MR) is 74.9 cm³/mol. The Labute approximate surface area is 114 Å². The normalized spacial score (nSPS) is 29.2. The van der Waals surface area contributed by atoms with Gasteiger partial charge in [-0.15, -0.1) is 0 Å². The number of rotatable bonds is 2. The third-order valence-corrected chi connectivity index (χ3v) is 5.19. The van der Waals surface area contributed by atoms with Crippen molar-refractivity contribution in [3.05, 3.63) is 34.9 Å². The van der Waals surface area contributed by atoms with Gasteiger partial charge in [-0.25, -0.2) is 0 Å². The van der Waals surface area contributed by atoms with Gasteiger partial charge in [-0.05, 0) is 43.7 Å². The van der Waals surface area contributed by atoms with Crippen molar-refractivity contribution in [3.63, 3.8) is 0 Å². The molecule has 1 heterocycles. The van der Waals surface area contributed by atoms with Gasteiger partial charge in [0.15, 0.2) is 0 Å². The molecule has 1 aliphatic heterocycles. The Balaban J connectivity index is 2.07. The summed E-state index contributed by atoms with van der Waals surface area (Å²) in [6, 6.07) is 6.44. The first-order valence-electron chi connectivity index (χ1n) is 7.22. The van der Waals surface area contributed by atoms with E-state index in [4.69, 9.17) is 10.5 Å². The van der Waals surface area contributed by atoms with E-state index in [9.17, 15) is 5.11 Å². The molecule has 1 unspecified atom stereocenters. The second-order valence-electron chi connectivity index (χ2n) is 6.12. The summed E-state index contributed by atoms with van der Waals surface area (Å²) in [5, 5.41) is 11.4. The van der Waals surface area contributed by atoms with Gasteiger partial charge in [0.2, 0.25) is 0 Å². The molecule has 3 rings (SSSR count). The fraction of sp³-hybridized carbons (Fsp3) is 0.625. The van der Waals surface area contributed by atoms with Crippen LogP contribution in [0.25, 0.3) is 0 Å². The lowest BCUT2D eigenvalue weighted by atomic mass is 9.64. The lowest BCUT2D eigenvalue weighted by molar-refractivity contribution is -0.133. The molecule has 0 radical (unpaired) electrons. The highest BCUT2D eigenvalue weighted by Gasteiger charge is 2.53. The molecule has 0 spiro atoms. The third kappa shape index (κ3) is 1.83. The molecule has 3 nitrogen and oxygen atoms in total. The van der Waals surface area contributed by atoms with Crippen molar-refractivity contribution in [1.29, 1.82) is 0 Å². The number of hydrogen-bond donors (Lipinski definition) is 2. The molecule has 1 aromatic rings. The summed E-state index contributed by atoms with van der Waals surface area (Å²) in [7, 11) is 0. The maximum atomic E-state index is 11.4. The van der Waals surface area contributed by atoms with Crippen LogP contribution in [-0.2, 0) is 16.8 Å². The molecule has 2 aliphatic rings. The van der Waals surface area contributed by atoms with Gasteiger partial charge in [0.25, 0.3) is 0 Å². The third-order valence-electron chi connectivity index (χ3n) is 5.19. The fourth-order valence-corrected chi connectivity index (χ4v) is 3.84. The van der Waals surface area contributed by atoms with Gasteiger partial charge in [0.05, 0.1) is 5.60 Å². The quantitative estimate of drug-likeness (QED) is 0.854. The van der Waals surface area contributed by atoms with E-state index in [1.165, 1.54) is 11.1 Å². The molecular weight excluding hydrogens is 238 g/mol. The molecule has 3 N–H and O–H groups in total. The number of benzene rings is 1. The smallest absolute Gasteiger partial charge is 0.0972 e. The van der Waals surface area contributed by atoms with Crippen molar-refractivity contribution < 1.29 is 9.84 Å². The SMILES string of the molecule is Cc1ccc2c(c1)C(O)(C1(CN)CCOCC1)CC2. The monoisotopic (exact) mass is 261 g/mol. The molecular formula is C16H23NO2. The zero-order valence-electron chi connectivity index (χ0n) is 11.6. The van der Waals surface area contributed by atoms with Gasteiger partial charge >= 0.3 is 0 Å². The van der Waals surface area contributed by atoms with Crippen LogP contribution in [0.3, 0.4) is 0 Å². The summed E-state index contributed by atoms with van der Waals surface area (Å²) >= 11 is 0. The standard InChI is InChI=1S/C16H23NO2/c1-12-2-3-13-4-5-16(18,14(13)10-12)15(11-17)6-8-19-9-7-15/h2-3,10,18H,4-9,11,17H2,1H3. The van der Waals surface area contributed by atoms with Gasteiger partial charge < -0.3 is 15.6 Å². The van der Waals surface area contributed by atoms with Gasteiger partial charge in [-0.3, -0.25) is 0 Å². The summed E-state index contributed by atoms with van der Waals surface area (Å²) in [6.45, 7) is 4.03. The van der Waals surface area contributed by atoms with E-state index in [0.29, 0.717) is 19.8 Å². The van der Waals surface area contributed by atoms with Crippen molar-refractivity contribution in [2.75, 3.05) is 19.8 Å². The van der Waals surface area contributed by atoms with E-state index in [1.54, 1.807) is 0 Å². The average Bonchev–Trinajstić information content (AvgIpc) is 2.78. The van der Waals surface area contributed by atoms with E-state index < -0.39 is 5.60 Å². The average molecular weight is 261 g/mol. The lowest BCUT2D eigenvalue weighted by Gasteiger charge is -2.47. The van der Waals surface area contributed by atoms with Gasteiger partial charge in [-0.1, -0.05) is 23.8 Å². The first-order chi connectivity index (χ1) is 9.11.